The minimum Gasteiger partial charge on any atom is -0.489 e. The van der Waals surface area contributed by atoms with E-state index in [-0.39, 0.29) is 10.6 Å². The number of rotatable bonds is 7. The van der Waals surface area contributed by atoms with Gasteiger partial charge in [0.2, 0.25) is 0 Å². The number of nitrogens with one attached hydrogen (secondary N) is 1. The fraction of sp³-hybridized carbons (Fsp3) is 0.136. The average Bonchev–Trinajstić information content (AvgIpc) is 2.65. The average molecular weight is 416 g/mol. The molecular weight excluding hydrogens is 397 g/mol. The van der Waals surface area contributed by atoms with Gasteiger partial charge in [-0.3, -0.25) is 0 Å². The second-order valence-corrected chi connectivity index (χ2v) is 7.23. The normalized spacial score (nSPS) is 10.5. The molecule has 6 heteroatoms. The number of benzene rings is 3. The minimum absolute atomic E-state index is 0.0668. The van der Waals surface area contributed by atoms with Crippen molar-refractivity contribution in [3.05, 3.63) is 93.0 Å². The number of halogens is 2. The lowest BCUT2D eigenvalue weighted by atomic mass is 10.1. The Balaban J connectivity index is 1.72. The van der Waals surface area contributed by atoms with E-state index in [0.717, 1.165) is 16.9 Å². The highest BCUT2D eigenvalue weighted by Crippen LogP contribution is 2.26. The van der Waals surface area contributed by atoms with Gasteiger partial charge in [-0.15, -0.1) is 0 Å². The number of aryl methyl sites for hydroxylation is 1. The highest BCUT2D eigenvalue weighted by atomic mass is 35.5. The van der Waals surface area contributed by atoms with Gasteiger partial charge >= 0.3 is 5.97 Å². The smallest absolute Gasteiger partial charge is 0.337 e. The van der Waals surface area contributed by atoms with Gasteiger partial charge in [0.15, 0.2) is 0 Å². The first-order valence-electron chi connectivity index (χ1n) is 8.66. The van der Waals surface area contributed by atoms with Crippen LogP contribution in [0.25, 0.3) is 0 Å². The molecule has 0 atom stereocenters. The first-order valence-corrected chi connectivity index (χ1v) is 9.41. The largest absolute Gasteiger partial charge is 0.489 e. The number of carbonyl (C=O) groups is 1. The van der Waals surface area contributed by atoms with E-state index in [0.29, 0.717) is 23.9 Å². The third-order valence-electron chi connectivity index (χ3n) is 4.18. The summed E-state index contributed by atoms with van der Waals surface area (Å²) < 4.78 is 5.99. The molecule has 144 valence electrons. The van der Waals surface area contributed by atoms with Gasteiger partial charge in [0.1, 0.15) is 12.4 Å². The molecule has 0 saturated carbocycles. The van der Waals surface area contributed by atoms with Crippen LogP contribution in [-0.4, -0.2) is 11.1 Å². The second kappa shape index (κ2) is 9.00. The van der Waals surface area contributed by atoms with Crippen LogP contribution < -0.4 is 10.1 Å². The van der Waals surface area contributed by atoms with Gasteiger partial charge in [-0.05, 0) is 48.9 Å². The molecule has 0 saturated heterocycles. The summed E-state index contributed by atoms with van der Waals surface area (Å²) in [4.78, 5) is 11.1. The topological polar surface area (TPSA) is 58.6 Å². The van der Waals surface area contributed by atoms with Crippen molar-refractivity contribution in [1.29, 1.82) is 0 Å². The zero-order chi connectivity index (χ0) is 20.1. The molecule has 28 heavy (non-hydrogen) atoms. The fourth-order valence-electron chi connectivity index (χ4n) is 2.79. The molecule has 3 rings (SSSR count). The lowest BCUT2D eigenvalue weighted by Gasteiger charge is -2.14. The molecule has 0 aliphatic carbocycles. The zero-order valence-electron chi connectivity index (χ0n) is 15.2. The Labute approximate surface area is 173 Å². The molecule has 3 aromatic carbocycles. The van der Waals surface area contributed by atoms with Crippen molar-refractivity contribution in [2.45, 2.75) is 20.1 Å². The number of carboxylic acids is 1. The maximum atomic E-state index is 11.1. The molecule has 0 unspecified atom stereocenters. The highest BCUT2D eigenvalue weighted by molar-refractivity contribution is 6.33. The number of ether oxygens (including phenoxy) is 1. The summed E-state index contributed by atoms with van der Waals surface area (Å²) >= 11 is 12.2. The van der Waals surface area contributed by atoms with Gasteiger partial charge in [0.25, 0.3) is 0 Å². The SMILES string of the molecule is Cc1cccc(COc2ccc(Cl)cc2CNc2ccc(C(=O)O)c(Cl)c2)c1. The predicted molar refractivity (Wildman–Crippen MR) is 113 cm³/mol. The van der Waals surface area contributed by atoms with Crippen LogP contribution in [0, 0.1) is 6.92 Å². The van der Waals surface area contributed by atoms with Crippen LogP contribution in [0.3, 0.4) is 0 Å². The van der Waals surface area contributed by atoms with Crippen LogP contribution in [0.1, 0.15) is 27.0 Å². The molecule has 4 nitrogen and oxygen atoms in total. The van der Waals surface area contributed by atoms with Crippen LogP contribution in [0.2, 0.25) is 10.0 Å². The summed E-state index contributed by atoms with van der Waals surface area (Å²) in [6, 6.07) is 18.4. The highest BCUT2D eigenvalue weighted by Gasteiger charge is 2.10. The first-order chi connectivity index (χ1) is 13.4. The van der Waals surface area contributed by atoms with Gasteiger partial charge in [-0.2, -0.15) is 0 Å². The number of aromatic carboxylic acids is 1. The number of hydrogen-bond acceptors (Lipinski definition) is 3. The molecule has 0 aliphatic heterocycles. The van der Waals surface area contributed by atoms with Crippen molar-refractivity contribution >= 4 is 34.9 Å². The summed E-state index contributed by atoms with van der Waals surface area (Å²) in [6.07, 6.45) is 0. The molecule has 0 heterocycles. The van der Waals surface area contributed by atoms with Crippen molar-refractivity contribution in [2.24, 2.45) is 0 Å². The van der Waals surface area contributed by atoms with Crippen LogP contribution in [0.15, 0.2) is 60.7 Å². The van der Waals surface area contributed by atoms with Crippen molar-refractivity contribution in [2.75, 3.05) is 5.32 Å². The van der Waals surface area contributed by atoms with Crippen molar-refractivity contribution in [3.63, 3.8) is 0 Å². The van der Waals surface area contributed by atoms with E-state index in [9.17, 15) is 4.79 Å². The summed E-state index contributed by atoms with van der Waals surface area (Å²) in [5.41, 5.74) is 3.93. The Bertz CT molecular complexity index is 1000. The van der Waals surface area contributed by atoms with Crippen LogP contribution in [-0.2, 0) is 13.2 Å². The predicted octanol–water partition coefficient (Wildman–Crippen LogP) is 6.19. The Morgan fingerprint density at radius 1 is 1.07 bits per heavy atom. The Morgan fingerprint density at radius 3 is 2.61 bits per heavy atom. The molecule has 0 bridgehead atoms. The number of hydrogen-bond donors (Lipinski definition) is 2. The molecule has 0 aromatic heterocycles. The summed E-state index contributed by atoms with van der Waals surface area (Å²) in [5, 5.41) is 13.1. The molecule has 0 radical (unpaired) electrons. The molecule has 2 N–H and O–H groups in total. The maximum Gasteiger partial charge on any atom is 0.337 e. The van der Waals surface area contributed by atoms with Crippen LogP contribution >= 0.6 is 23.2 Å². The Morgan fingerprint density at radius 2 is 1.89 bits per heavy atom. The number of carboxylic acid groups (broad SMARTS) is 1. The third-order valence-corrected chi connectivity index (χ3v) is 4.73. The van der Waals surface area contributed by atoms with Crippen molar-refractivity contribution in [3.8, 4) is 5.75 Å². The molecular formula is C22H19Cl2NO3. The second-order valence-electron chi connectivity index (χ2n) is 6.38. The van der Waals surface area contributed by atoms with E-state index < -0.39 is 5.97 Å². The first kappa shape index (κ1) is 20.1. The van der Waals surface area contributed by atoms with Crippen LogP contribution in [0.5, 0.6) is 5.75 Å². The molecule has 0 fully saturated rings. The van der Waals surface area contributed by atoms with E-state index in [1.54, 1.807) is 18.2 Å². The maximum absolute atomic E-state index is 11.1. The summed E-state index contributed by atoms with van der Waals surface area (Å²) in [6.45, 7) is 2.95. The van der Waals surface area contributed by atoms with E-state index >= 15 is 0 Å². The van der Waals surface area contributed by atoms with E-state index in [4.69, 9.17) is 33.0 Å². The zero-order valence-corrected chi connectivity index (χ0v) is 16.7. The summed E-state index contributed by atoms with van der Waals surface area (Å²) in [7, 11) is 0. The number of anilines is 1. The lowest BCUT2D eigenvalue weighted by molar-refractivity contribution is 0.0697. The molecule has 0 spiro atoms. The van der Waals surface area contributed by atoms with Gasteiger partial charge in [0.05, 0.1) is 10.6 Å². The Kier molecular flexibility index (Phi) is 6.45. The van der Waals surface area contributed by atoms with Gasteiger partial charge < -0.3 is 15.2 Å². The quantitative estimate of drug-likeness (QED) is 0.482. The van der Waals surface area contributed by atoms with Crippen LogP contribution in [0.4, 0.5) is 5.69 Å². The van der Waals surface area contributed by atoms with Crippen molar-refractivity contribution in [1.82, 2.24) is 0 Å². The van der Waals surface area contributed by atoms with Crippen molar-refractivity contribution < 1.29 is 14.6 Å². The fourth-order valence-corrected chi connectivity index (χ4v) is 3.24. The standard InChI is InChI=1S/C22H19Cl2NO3/c1-14-3-2-4-15(9-14)13-28-21-8-5-17(23)10-16(21)12-25-18-6-7-19(22(26)27)20(24)11-18/h2-11,25H,12-13H2,1H3,(H,26,27). The molecule has 3 aromatic rings. The molecule has 0 aliphatic rings. The molecule has 0 amide bonds. The van der Waals surface area contributed by atoms with Gasteiger partial charge in [-0.25, -0.2) is 4.79 Å². The van der Waals surface area contributed by atoms with E-state index in [1.165, 1.54) is 11.6 Å². The van der Waals surface area contributed by atoms with Gasteiger partial charge in [-0.1, -0.05) is 53.0 Å². The summed E-state index contributed by atoms with van der Waals surface area (Å²) in [5.74, 6) is -0.329. The minimum atomic E-state index is -1.06. The monoisotopic (exact) mass is 415 g/mol. The lowest BCUT2D eigenvalue weighted by Crippen LogP contribution is -2.05. The third kappa shape index (κ3) is 5.18. The van der Waals surface area contributed by atoms with Gasteiger partial charge in [0, 0.05) is 22.8 Å². The van der Waals surface area contributed by atoms with E-state index in [1.807, 2.05) is 37.3 Å². The van der Waals surface area contributed by atoms with E-state index in [2.05, 4.69) is 11.4 Å². The Hall–Kier alpha value is -2.69.